The molecule has 0 bridgehead atoms. The van der Waals surface area contributed by atoms with E-state index in [0.717, 1.165) is 52.9 Å². The maximum Gasteiger partial charge on any atom is 0.166 e. The van der Waals surface area contributed by atoms with E-state index < -0.39 is 0 Å². The van der Waals surface area contributed by atoms with Crippen LogP contribution in [0.1, 0.15) is 62.7 Å². The number of ketones is 1. The van der Waals surface area contributed by atoms with Gasteiger partial charge >= 0.3 is 0 Å². The smallest absolute Gasteiger partial charge is 0.166 e. The number of benzene rings is 2. The van der Waals surface area contributed by atoms with Crippen LogP contribution in [0.5, 0.6) is 5.75 Å². The van der Waals surface area contributed by atoms with Gasteiger partial charge in [-0.25, -0.2) is 0 Å². The zero-order valence-corrected chi connectivity index (χ0v) is 19.9. The van der Waals surface area contributed by atoms with Gasteiger partial charge in [0.1, 0.15) is 0 Å². The fourth-order valence-corrected chi connectivity index (χ4v) is 4.93. The van der Waals surface area contributed by atoms with Crippen LogP contribution in [0.25, 0.3) is 22.0 Å². The number of anilines is 1. The molecule has 0 aliphatic heterocycles. The lowest BCUT2D eigenvalue weighted by molar-refractivity contribution is 0.0982. The molecule has 1 aliphatic carbocycles. The average Bonchev–Trinajstić information content (AvgIpc) is 2.78. The number of pyridine rings is 1. The van der Waals surface area contributed by atoms with E-state index >= 15 is 0 Å². The monoisotopic (exact) mass is 470 g/mol. The molecule has 4 rings (SSSR count). The minimum absolute atomic E-state index is 0.106. The Bertz CT molecular complexity index is 1130. The second-order valence-electron chi connectivity index (χ2n) is 8.84. The summed E-state index contributed by atoms with van der Waals surface area (Å²) in [5.74, 6) is 0.731. The van der Waals surface area contributed by atoms with Crippen molar-refractivity contribution >= 4 is 45.6 Å². The number of hydrogen-bond acceptors (Lipinski definition) is 4. The van der Waals surface area contributed by atoms with Gasteiger partial charge in [-0.1, -0.05) is 43.1 Å². The lowest BCUT2D eigenvalue weighted by atomic mass is 9.87. The zero-order valence-electron chi connectivity index (χ0n) is 18.4. The number of rotatable bonds is 6. The molecule has 1 aromatic heterocycles. The summed E-state index contributed by atoms with van der Waals surface area (Å²) in [7, 11) is 0. The fraction of sp³-hybridized carbons (Fsp3) is 0.385. The number of Topliss-reactive ketones (excluding diaryl/α,β-unsaturated/α-hetero) is 1. The Labute approximate surface area is 199 Å². The van der Waals surface area contributed by atoms with Crippen LogP contribution in [-0.2, 0) is 0 Å². The number of phenolic OH excluding ortho intramolecular Hbond substituents is 1. The number of phenols is 1. The molecule has 0 atom stereocenters. The summed E-state index contributed by atoms with van der Waals surface area (Å²) < 4.78 is 0. The normalized spacial score (nSPS) is 18.6. The van der Waals surface area contributed by atoms with Crippen molar-refractivity contribution in [1.29, 1.82) is 0 Å². The largest absolute Gasteiger partial charge is 0.505 e. The molecule has 3 aromatic rings. The van der Waals surface area contributed by atoms with Gasteiger partial charge in [0.15, 0.2) is 11.5 Å². The minimum atomic E-state index is -0.124. The first kappa shape index (κ1) is 22.9. The molecular formula is C26H28Cl2N2O2. The molecule has 0 amide bonds. The first-order valence-corrected chi connectivity index (χ1v) is 12.0. The van der Waals surface area contributed by atoms with Crippen LogP contribution in [-0.4, -0.2) is 21.9 Å². The SMILES string of the molecule is CCCC(=O)c1cnc2ccc(-c3cc(Cl)c(O)c(Cl)c3)cc2c1N[C@H]1CC[C@H](C)CC1. The van der Waals surface area contributed by atoms with Crippen LogP contribution in [0.2, 0.25) is 10.0 Å². The molecule has 0 saturated heterocycles. The highest BCUT2D eigenvalue weighted by Gasteiger charge is 2.22. The standard InChI is InChI=1S/C26H28Cl2N2O2/c1-3-4-24(31)20-14-29-23-10-7-16(17-12-21(27)26(32)22(28)13-17)11-19(23)25(20)30-18-8-5-15(2)6-9-18/h7,10-15,18,32H,3-6,8-9H2,1-2H3,(H,29,30)/t15-,18-. The summed E-state index contributed by atoms with van der Waals surface area (Å²) in [5.41, 5.74) is 4.03. The van der Waals surface area contributed by atoms with Crippen LogP contribution >= 0.6 is 23.2 Å². The van der Waals surface area contributed by atoms with Crippen molar-refractivity contribution in [3.63, 3.8) is 0 Å². The van der Waals surface area contributed by atoms with E-state index in [1.165, 1.54) is 12.8 Å². The second-order valence-corrected chi connectivity index (χ2v) is 9.66. The molecular weight excluding hydrogens is 443 g/mol. The molecule has 1 fully saturated rings. The highest BCUT2D eigenvalue weighted by atomic mass is 35.5. The average molecular weight is 471 g/mol. The number of halogens is 2. The lowest BCUT2D eigenvalue weighted by Crippen LogP contribution is -2.26. The summed E-state index contributed by atoms with van der Waals surface area (Å²) in [6, 6.07) is 9.65. The maximum atomic E-state index is 12.9. The molecule has 0 spiro atoms. The highest BCUT2D eigenvalue weighted by molar-refractivity contribution is 6.37. The van der Waals surface area contributed by atoms with Gasteiger partial charge in [0.2, 0.25) is 0 Å². The Morgan fingerprint density at radius 1 is 1.09 bits per heavy atom. The Morgan fingerprint density at radius 2 is 1.78 bits per heavy atom. The van der Waals surface area contributed by atoms with Gasteiger partial charge in [-0.2, -0.15) is 0 Å². The molecule has 4 nitrogen and oxygen atoms in total. The van der Waals surface area contributed by atoms with E-state index in [1.54, 1.807) is 18.3 Å². The first-order chi connectivity index (χ1) is 15.4. The minimum Gasteiger partial charge on any atom is -0.505 e. The lowest BCUT2D eigenvalue weighted by Gasteiger charge is -2.29. The quantitative estimate of drug-likeness (QED) is 0.359. The number of hydrogen-bond donors (Lipinski definition) is 2. The summed E-state index contributed by atoms with van der Waals surface area (Å²) in [6.07, 6.45) is 7.56. The molecule has 0 radical (unpaired) electrons. The number of carbonyl (C=O) groups is 1. The van der Waals surface area contributed by atoms with Crippen molar-refractivity contribution in [2.45, 2.75) is 58.4 Å². The topological polar surface area (TPSA) is 62.2 Å². The maximum absolute atomic E-state index is 12.9. The van der Waals surface area contributed by atoms with E-state index in [2.05, 4.69) is 17.2 Å². The van der Waals surface area contributed by atoms with Crippen molar-refractivity contribution in [2.75, 3.05) is 5.32 Å². The zero-order chi connectivity index (χ0) is 22.8. The summed E-state index contributed by atoms with van der Waals surface area (Å²) in [4.78, 5) is 17.5. The van der Waals surface area contributed by atoms with Crippen molar-refractivity contribution in [1.82, 2.24) is 4.98 Å². The van der Waals surface area contributed by atoms with Crippen LogP contribution in [0.3, 0.4) is 0 Å². The number of carbonyl (C=O) groups excluding carboxylic acids is 1. The van der Waals surface area contributed by atoms with Crippen LogP contribution in [0, 0.1) is 5.92 Å². The van der Waals surface area contributed by atoms with Gasteiger partial charge in [0.05, 0.1) is 26.8 Å². The van der Waals surface area contributed by atoms with Crippen molar-refractivity contribution in [2.24, 2.45) is 5.92 Å². The van der Waals surface area contributed by atoms with Crippen LogP contribution in [0.4, 0.5) is 5.69 Å². The molecule has 6 heteroatoms. The third-order valence-electron chi connectivity index (χ3n) is 6.36. The highest BCUT2D eigenvalue weighted by Crippen LogP contribution is 2.39. The number of fused-ring (bicyclic) bond motifs is 1. The van der Waals surface area contributed by atoms with Gasteiger partial charge in [-0.3, -0.25) is 9.78 Å². The Kier molecular flexibility index (Phi) is 6.92. The Balaban J connectivity index is 1.83. The number of aromatic nitrogens is 1. The van der Waals surface area contributed by atoms with Crippen LogP contribution in [0.15, 0.2) is 36.5 Å². The molecule has 32 heavy (non-hydrogen) atoms. The van der Waals surface area contributed by atoms with Crippen molar-refractivity contribution in [3.05, 3.63) is 52.1 Å². The fourth-order valence-electron chi connectivity index (χ4n) is 4.44. The number of nitrogens with one attached hydrogen (secondary N) is 1. The van der Waals surface area contributed by atoms with Crippen molar-refractivity contribution in [3.8, 4) is 16.9 Å². The Morgan fingerprint density at radius 3 is 2.44 bits per heavy atom. The van der Waals surface area contributed by atoms with E-state index in [9.17, 15) is 9.90 Å². The van der Waals surface area contributed by atoms with Gasteiger partial charge in [-0.05, 0) is 73.4 Å². The van der Waals surface area contributed by atoms with E-state index in [0.29, 0.717) is 18.0 Å². The third kappa shape index (κ3) is 4.72. The molecule has 1 aliphatic rings. The molecule has 1 saturated carbocycles. The van der Waals surface area contributed by atoms with E-state index in [1.807, 2.05) is 25.1 Å². The predicted octanol–water partition coefficient (Wildman–Crippen LogP) is 7.89. The van der Waals surface area contributed by atoms with Crippen molar-refractivity contribution < 1.29 is 9.90 Å². The van der Waals surface area contributed by atoms with Crippen LogP contribution < -0.4 is 5.32 Å². The summed E-state index contributed by atoms with van der Waals surface area (Å²) in [6.45, 7) is 4.31. The second kappa shape index (κ2) is 9.68. The first-order valence-electron chi connectivity index (χ1n) is 11.3. The van der Waals surface area contributed by atoms with Gasteiger partial charge < -0.3 is 10.4 Å². The van der Waals surface area contributed by atoms with E-state index in [-0.39, 0.29) is 21.6 Å². The summed E-state index contributed by atoms with van der Waals surface area (Å²) in [5, 5.41) is 14.9. The number of nitrogens with zero attached hydrogens (tertiary/aromatic N) is 1. The molecule has 2 aromatic carbocycles. The molecule has 1 heterocycles. The molecule has 2 N–H and O–H groups in total. The molecule has 168 valence electrons. The summed E-state index contributed by atoms with van der Waals surface area (Å²) >= 11 is 12.3. The van der Waals surface area contributed by atoms with Gasteiger partial charge in [0, 0.05) is 24.0 Å². The predicted molar refractivity (Wildman–Crippen MR) is 133 cm³/mol. The molecule has 0 unspecified atom stereocenters. The van der Waals surface area contributed by atoms with Gasteiger partial charge in [0.25, 0.3) is 0 Å². The van der Waals surface area contributed by atoms with E-state index in [4.69, 9.17) is 23.2 Å². The van der Waals surface area contributed by atoms with Gasteiger partial charge in [-0.15, -0.1) is 0 Å². The Hall–Kier alpha value is -2.30. The number of aromatic hydroxyl groups is 1. The third-order valence-corrected chi connectivity index (χ3v) is 6.94.